The van der Waals surface area contributed by atoms with Crippen LogP contribution in [0.25, 0.3) is 21.3 Å². The smallest absolute Gasteiger partial charge is 0.141 e. The largest absolute Gasteiger partial charge is 0.467 e. The van der Waals surface area contributed by atoms with Gasteiger partial charge in [-0.25, -0.2) is 9.97 Å². The molecule has 0 bridgehead atoms. The van der Waals surface area contributed by atoms with Crippen LogP contribution in [0.4, 0.5) is 5.82 Å². The Kier molecular flexibility index (Phi) is 3.55. The Balaban J connectivity index is 1.82. The summed E-state index contributed by atoms with van der Waals surface area (Å²) in [6.07, 6.45) is 3.32. The van der Waals surface area contributed by atoms with Crippen molar-refractivity contribution in [1.29, 1.82) is 0 Å². The maximum absolute atomic E-state index is 5.45. The lowest BCUT2D eigenvalue weighted by Gasteiger charge is -2.18. The van der Waals surface area contributed by atoms with Crippen molar-refractivity contribution < 1.29 is 4.42 Å². The van der Waals surface area contributed by atoms with Crippen molar-refractivity contribution in [1.82, 2.24) is 9.97 Å². The van der Waals surface area contributed by atoms with E-state index in [4.69, 9.17) is 4.42 Å². The second-order valence-electron chi connectivity index (χ2n) is 5.33. The van der Waals surface area contributed by atoms with E-state index in [1.165, 1.54) is 11.1 Å². The van der Waals surface area contributed by atoms with Gasteiger partial charge in [0.1, 0.15) is 22.7 Å². The van der Waals surface area contributed by atoms with Crippen LogP contribution in [-0.2, 0) is 6.54 Å². The molecule has 3 heterocycles. The van der Waals surface area contributed by atoms with Gasteiger partial charge < -0.3 is 9.32 Å². The van der Waals surface area contributed by atoms with Crippen molar-refractivity contribution in [3.8, 4) is 11.1 Å². The van der Waals surface area contributed by atoms with Gasteiger partial charge in [-0.2, -0.15) is 0 Å². The summed E-state index contributed by atoms with van der Waals surface area (Å²) < 4.78 is 5.45. The van der Waals surface area contributed by atoms with Crippen LogP contribution in [0, 0.1) is 0 Å². The molecule has 0 saturated heterocycles. The van der Waals surface area contributed by atoms with E-state index < -0.39 is 0 Å². The molecule has 5 heteroatoms. The van der Waals surface area contributed by atoms with Crippen molar-refractivity contribution in [2.24, 2.45) is 0 Å². The predicted molar refractivity (Wildman–Crippen MR) is 93.7 cm³/mol. The molecule has 114 valence electrons. The highest BCUT2D eigenvalue weighted by molar-refractivity contribution is 7.17. The molecule has 1 aromatic carbocycles. The van der Waals surface area contributed by atoms with Gasteiger partial charge in [-0.15, -0.1) is 11.3 Å². The summed E-state index contributed by atoms with van der Waals surface area (Å²) in [6, 6.07) is 14.2. The van der Waals surface area contributed by atoms with Crippen LogP contribution < -0.4 is 4.90 Å². The van der Waals surface area contributed by atoms with Crippen molar-refractivity contribution in [2.45, 2.75) is 6.54 Å². The van der Waals surface area contributed by atoms with Gasteiger partial charge in [-0.3, -0.25) is 0 Å². The van der Waals surface area contributed by atoms with Crippen LogP contribution in [-0.4, -0.2) is 17.0 Å². The molecule has 0 aliphatic heterocycles. The van der Waals surface area contributed by atoms with Gasteiger partial charge >= 0.3 is 0 Å². The second-order valence-corrected chi connectivity index (χ2v) is 6.19. The molecule has 4 aromatic rings. The summed E-state index contributed by atoms with van der Waals surface area (Å²) in [7, 11) is 2.02. The van der Waals surface area contributed by atoms with Crippen molar-refractivity contribution in [3.05, 3.63) is 66.2 Å². The first-order valence-corrected chi connectivity index (χ1v) is 8.22. The minimum atomic E-state index is 0.670. The van der Waals surface area contributed by atoms with Crippen molar-refractivity contribution in [2.75, 3.05) is 11.9 Å². The third-order valence-corrected chi connectivity index (χ3v) is 4.66. The predicted octanol–water partition coefficient (Wildman–Crippen LogP) is 4.59. The maximum Gasteiger partial charge on any atom is 0.141 e. The van der Waals surface area contributed by atoms with Crippen LogP contribution >= 0.6 is 11.3 Å². The summed E-state index contributed by atoms with van der Waals surface area (Å²) in [6.45, 7) is 0.670. The molecular weight excluding hydrogens is 306 g/mol. The van der Waals surface area contributed by atoms with Gasteiger partial charge in [-0.05, 0) is 17.7 Å². The molecule has 0 radical (unpaired) electrons. The fourth-order valence-corrected chi connectivity index (χ4v) is 3.60. The van der Waals surface area contributed by atoms with Crippen LogP contribution in [0.3, 0.4) is 0 Å². The second kappa shape index (κ2) is 5.85. The third-order valence-electron chi connectivity index (χ3n) is 3.77. The number of rotatable bonds is 4. The molecule has 0 atom stereocenters. The fourth-order valence-electron chi connectivity index (χ4n) is 2.69. The first kappa shape index (κ1) is 14.0. The van der Waals surface area contributed by atoms with Gasteiger partial charge in [0.05, 0.1) is 18.2 Å². The molecular formula is C18H15N3OS. The number of benzene rings is 1. The van der Waals surface area contributed by atoms with Crippen LogP contribution in [0.1, 0.15) is 5.76 Å². The van der Waals surface area contributed by atoms with Crippen LogP contribution in [0.2, 0.25) is 0 Å². The first-order valence-electron chi connectivity index (χ1n) is 7.34. The molecule has 0 aliphatic rings. The van der Waals surface area contributed by atoms with Crippen molar-refractivity contribution >= 4 is 27.4 Å². The average Bonchev–Trinajstić information content (AvgIpc) is 3.24. The van der Waals surface area contributed by atoms with E-state index in [-0.39, 0.29) is 0 Å². The monoisotopic (exact) mass is 321 g/mol. The van der Waals surface area contributed by atoms with Gasteiger partial charge in [0.2, 0.25) is 0 Å². The summed E-state index contributed by atoms with van der Waals surface area (Å²) in [5.41, 5.74) is 2.36. The van der Waals surface area contributed by atoms with E-state index in [1.807, 2.05) is 25.2 Å². The minimum Gasteiger partial charge on any atom is -0.467 e. The highest BCUT2D eigenvalue weighted by Gasteiger charge is 2.16. The normalized spacial score (nSPS) is 11.0. The zero-order valence-electron chi connectivity index (χ0n) is 12.6. The Labute approximate surface area is 138 Å². The van der Waals surface area contributed by atoms with Crippen LogP contribution in [0.15, 0.2) is 64.9 Å². The van der Waals surface area contributed by atoms with Gasteiger partial charge in [0, 0.05) is 18.0 Å². The molecule has 0 unspecified atom stereocenters. The minimum absolute atomic E-state index is 0.670. The van der Waals surface area contributed by atoms with Gasteiger partial charge in [-0.1, -0.05) is 30.3 Å². The maximum atomic E-state index is 5.45. The van der Waals surface area contributed by atoms with Crippen LogP contribution in [0.5, 0.6) is 0 Å². The zero-order valence-corrected chi connectivity index (χ0v) is 13.5. The summed E-state index contributed by atoms with van der Waals surface area (Å²) in [5.74, 6) is 1.84. The molecule has 23 heavy (non-hydrogen) atoms. The highest BCUT2D eigenvalue weighted by Crippen LogP contribution is 2.37. The molecule has 4 rings (SSSR count). The molecule has 0 amide bonds. The highest BCUT2D eigenvalue weighted by atomic mass is 32.1. The number of hydrogen-bond acceptors (Lipinski definition) is 5. The number of fused-ring (bicyclic) bond motifs is 1. The standard InChI is InChI=1S/C18H15N3OS/c1-21(10-14-8-5-9-22-14)17-16-15(13-6-3-2-4-7-13)11-23-18(16)20-12-19-17/h2-9,11-12H,10H2,1H3. The Morgan fingerprint density at radius 1 is 1.09 bits per heavy atom. The van der Waals surface area contributed by atoms with E-state index in [2.05, 4.69) is 44.5 Å². The number of anilines is 1. The Morgan fingerprint density at radius 3 is 2.74 bits per heavy atom. The van der Waals surface area contributed by atoms with E-state index in [9.17, 15) is 0 Å². The molecule has 0 saturated carbocycles. The summed E-state index contributed by atoms with van der Waals surface area (Å²) in [4.78, 5) is 12.0. The lowest BCUT2D eigenvalue weighted by molar-refractivity contribution is 0.507. The van der Waals surface area contributed by atoms with E-state index >= 15 is 0 Å². The van der Waals surface area contributed by atoms with E-state index in [0.29, 0.717) is 6.54 Å². The van der Waals surface area contributed by atoms with Crippen molar-refractivity contribution in [3.63, 3.8) is 0 Å². The molecule has 4 nitrogen and oxygen atoms in total. The lowest BCUT2D eigenvalue weighted by atomic mass is 10.1. The summed E-state index contributed by atoms with van der Waals surface area (Å²) in [5, 5.41) is 3.25. The SMILES string of the molecule is CN(Cc1ccco1)c1ncnc2scc(-c3ccccc3)c12. The molecule has 0 N–H and O–H groups in total. The zero-order chi connectivity index (χ0) is 15.6. The van der Waals surface area contributed by atoms with Gasteiger partial charge in [0.15, 0.2) is 0 Å². The number of hydrogen-bond donors (Lipinski definition) is 0. The summed E-state index contributed by atoms with van der Waals surface area (Å²) >= 11 is 1.65. The topological polar surface area (TPSA) is 42.2 Å². The number of nitrogens with zero attached hydrogens (tertiary/aromatic N) is 3. The molecule has 0 fully saturated rings. The average molecular weight is 321 g/mol. The fraction of sp³-hybridized carbons (Fsp3) is 0.111. The van der Waals surface area contributed by atoms with Gasteiger partial charge in [0.25, 0.3) is 0 Å². The quantitative estimate of drug-likeness (QED) is 0.551. The molecule has 0 aliphatic carbocycles. The number of aromatic nitrogens is 2. The third kappa shape index (κ3) is 2.59. The van der Waals surface area contributed by atoms with E-state index in [1.54, 1.807) is 23.9 Å². The lowest BCUT2D eigenvalue weighted by Crippen LogP contribution is -2.17. The Morgan fingerprint density at radius 2 is 1.96 bits per heavy atom. The Hall–Kier alpha value is -2.66. The number of thiophene rings is 1. The molecule has 0 spiro atoms. The number of furan rings is 1. The Bertz CT molecular complexity index is 916. The van der Waals surface area contributed by atoms with E-state index in [0.717, 1.165) is 21.8 Å². The first-order chi connectivity index (χ1) is 11.3. The molecule has 3 aromatic heterocycles.